The first-order valence-electron chi connectivity index (χ1n) is 3.09. The van der Waals surface area contributed by atoms with Crippen molar-refractivity contribution in [1.29, 1.82) is 0 Å². The Bertz CT molecular complexity index is 54.5. The number of hydrogen-bond acceptors (Lipinski definition) is 2. The lowest BCUT2D eigenvalue weighted by Crippen LogP contribution is -2.21. The van der Waals surface area contributed by atoms with Crippen LogP contribution in [-0.2, 0) is 4.57 Å². The number of nitrogens with one attached hydrogen (secondary N) is 1. The second-order valence-corrected chi connectivity index (χ2v) is 2.06. The first-order valence-corrected chi connectivity index (χ1v) is 3.85. The van der Waals surface area contributed by atoms with Gasteiger partial charge in [-0.1, -0.05) is 6.42 Å². The van der Waals surface area contributed by atoms with Crippen molar-refractivity contribution in [2.24, 2.45) is 0 Å². The van der Waals surface area contributed by atoms with Crippen molar-refractivity contribution in [3.8, 4) is 0 Å². The fraction of sp³-hybridized carbons (Fsp3) is 1.00. The molecule has 54 valence electrons. The largest absolute Gasteiger partial charge is 0.324 e. The minimum Gasteiger partial charge on any atom is -0.317 e. The van der Waals surface area contributed by atoms with Crippen molar-refractivity contribution in [1.82, 2.24) is 5.32 Å². The summed E-state index contributed by atoms with van der Waals surface area (Å²) in [5.74, 6) is 0. The van der Waals surface area contributed by atoms with Crippen LogP contribution in [0, 0.1) is 0 Å². The van der Waals surface area contributed by atoms with Crippen molar-refractivity contribution in [2.45, 2.75) is 19.3 Å². The molecule has 0 bridgehead atoms. The summed E-state index contributed by atoms with van der Waals surface area (Å²) in [6, 6.07) is 0. The second kappa shape index (κ2) is 8.02. The maximum atomic E-state index is 8.46. The van der Waals surface area contributed by atoms with E-state index in [2.05, 4.69) is 5.32 Å². The smallest absolute Gasteiger partial charge is 0.317 e. The summed E-state index contributed by atoms with van der Waals surface area (Å²) in [6.07, 6.45) is 4.22. The average Bonchev–Trinajstić information content (AvgIpc) is 1.93. The predicted octanol–water partition coefficient (Wildman–Crippen LogP) is 0.945. The minimum absolute atomic E-state index is 0.833. The Morgan fingerprint density at radius 2 is 1.67 bits per heavy atom. The van der Waals surface area contributed by atoms with Crippen LogP contribution < -0.4 is 5.32 Å². The number of piperidine rings is 1. The third-order valence-corrected chi connectivity index (χ3v) is 1.21. The average molecular weight is 149 g/mol. The van der Waals surface area contributed by atoms with Crippen molar-refractivity contribution in [2.75, 3.05) is 13.1 Å². The molecule has 1 rings (SSSR count). The van der Waals surface area contributed by atoms with Crippen molar-refractivity contribution >= 4 is 8.69 Å². The van der Waals surface area contributed by atoms with Crippen LogP contribution in [0.3, 0.4) is 0 Å². The van der Waals surface area contributed by atoms with Gasteiger partial charge in [0.05, 0.1) is 0 Å². The van der Waals surface area contributed by atoms with Gasteiger partial charge in [-0.3, -0.25) is 0 Å². The summed E-state index contributed by atoms with van der Waals surface area (Å²) < 4.78 is 8.46. The molecule has 0 spiro atoms. The van der Waals surface area contributed by atoms with Crippen LogP contribution in [0.1, 0.15) is 19.3 Å². The Hall–Kier alpha value is 0.0200. The molecule has 9 heavy (non-hydrogen) atoms. The molecular weight excluding hydrogens is 137 g/mol. The highest BCUT2D eigenvalue weighted by Crippen LogP contribution is 1.96. The molecular formula is C5H12NO2P. The van der Waals surface area contributed by atoms with Crippen LogP contribution in [0.5, 0.6) is 0 Å². The summed E-state index contributed by atoms with van der Waals surface area (Å²) in [5, 5.41) is 3.28. The Morgan fingerprint density at radius 3 is 1.78 bits per heavy atom. The van der Waals surface area contributed by atoms with Crippen LogP contribution in [0.4, 0.5) is 0 Å². The predicted molar refractivity (Wildman–Crippen MR) is 36.5 cm³/mol. The zero-order valence-electron chi connectivity index (χ0n) is 5.34. The molecule has 1 saturated heterocycles. The molecule has 4 heteroatoms. The number of hydrogen-bond donors (Lipinski definition) is 2. The molecule has 0 aromatic rings. The quantitative estimate of drug-likeness (QED) is 0.504. The van der Waals surface area contributed by atoms with Gasteiger partial charge in [0.1, 0.15) is 0 Å². The summed E-state index contributed by atoms with van der Waals surface area (Å²) in [5.41, 5.74) is 0. The first-order chi connectivity index (χ1) is 4.41. The number of rotatable bonds is 0. The van der Waals surface area contributed by atoms with Crippen molar-refractivity contribution in [3.63, 3.8) is 0 Å². The van der Waals surface area contributed by atoms with Crippen LogP contribution in [0.2, 0.25) is 0 Å². The summed E-state index contributed by atoms with van der Waals surface area (Å²) in [6.45, 7) is 2.50. The molecule has 1 fully saturated rings. The third-order valence-electron chi connectivity index (χ3n) is 1.21. The molecule has 1 heterocycles. The lowest BCUT2D eigenvalue weighted by molar-refractivity contribution is 0.520. The Labute approximate surface area is 56.7 Å². The van der Waals surface area contributed by atoms with Gasteiger partial charge in [0.25, 0.3) is 0 Å². The fourth-order valence-electron chi connectivity index (χ4n) is 0.802. The lowest BCUT2D eigenvalue weighted by atomic mass is 10.2. The van der Waals surface area contributed by atoms with E-state index < -0.39 is 8.69 Å². The zero-order valence-corrected chi connectivity index (χ0v) is 6.23. The van der Waals surface area contributed by atoms with Gasteiger partial charge in [-0.2, -0.15) is 0 Å². The van der Waals surface area contributed by atoms with Crippen LogP contribution >= 0.6 is 8.69 Å². The van der Waals surface area contributed by atoms with E-state index in [9.17, 15) is 0 Å². The summed E-state index contributed by atoms with van der Waals surface area (Å²) in [7, 11) is -0.833. The van der Waals surface area contributed by atoms with E-state index in [0.29, 0.717) is 0 Å². The van der Waals surface area contributed by atoms with Crippen molar-refractivity contribution < 1.29 is 9.46 Å². The highest BCUT2D eigenvalue weighted by atomic mass is 31.1. The van der Waals surface area contributed by atoms with Gasteiger partial charge in [-0.15, -0.1) is 0 Å². The maximum absolute atomic E-state index is 8.46. The molecule has 0 amide bonds. The van der Waals surface area contributed by atoms with Gasteiger partial charge in [-0.25, -0.2) is 4.57 Å². The normalized spacial score (nSPS) is 18.3. The molecule has 1 aliphatic heterocycles. The van der Waals surface area contributed by atoms with E-state index in [1.807, 2.05) is 0 Å². The maximum Gasteiger partial charge on any atom is 0.324 e. The molecule has 0 saturated carbocycles. The SMILES string of the molecule is C1CCNCC1.O=PO. The monoisotopic (exact) mass is 149 g/mol. The van der Waals surface area contributed by atoms with Crippen LogP contribution in [0.25, 0.3) is 0 Å². The van der Waals surface area contributed by atoms with E-state index in [4.69, 9.17) is 9.46 Å². The van der Waals surface area contributed by atoms with Gasteiger partial charge in [-0.05, 0) is 25.9 Å². The fourth-order valence-corrected chi connectivity index (χ4v) is 0.802. The molecule has 0 radical (unpaired) electrons. The lowest BCUT2D eigenvalue weighted by Gasteiger charge is -2.08. The highest BCUT2D eigenvalue weighted by Gasteiger charge is 1.93. The standard InChI is InChI=1S/C5H11N.HO2P/c1-2-4-6-5-3-1;1-3-2/h6H,1-5H2;(H,1,2). The third kappa shape index (κ3) is 8.02. The van der Waals surface area contributed by atoms with Gasteiger partial charge in [0.2, 0.25) is 0 Å². The highest BCUT2D eigenvalue weighted by molar-refractivity contribution is 7.16. The Morgan fingerprint density at radius 1 is 1.22 bits per heavy atom. The zero-order chi connectivity index (χ0) is 6.95. The molecule has 0 aromatic carbocycles. The van der Waals surface area contributed by atoms with Gasteiger partial charge < -0.3 is 10.2 Å². The molecule has 0 unspecified atom stereocenters. The topological polar surface area (TPSA) is 49.3 Å². The van der Waals surface area contributed by atoms with E-state index >= 15 is 0 Å². The minimum atomic E-state index is -0.833. The van der Waals surface area contributed by atoms with E-state index in [0.717, 1.165) is 0 Å². The molecule has 1 aliphatic rings. The Balaban J connectivity index is 0.000000187. The van der Waals surface area contributed by atoms with Gasteiger partial charge in [0, 0.05) is 0 Å². The molecule has 0 atom stereocenters. The first kappa shape index (κ1) is 9.02. The molecule has 0 aliphatic carbocycles. The molecule has 0 aromatic heterocycles. The van der Waals surface area contributed by atoms with Crippen LogP contribution in [0.15, 0.2) is 0 Å². The Kier molecular flexibility index (Phi) is 8.04. The summed E-state index contributed by atoms with van der Waals surface area (Å²) >= 11 is 0. The van der Waals surface area contributed by atoms with Crippen molar-refractivity contribution in [3.05, 3.63) is 0 Å². The molecule has 3 nitrogen and oxygen atoms in total. The van der Waals surface area contributed by atoms with Crippen LogP contribution in [-0.4, -0.2) is 18.0 Å². The van der Waals surface area contributed by atoms with E-state index in [1.165, 1.54) is 32.4 Å². The van der Waals surface area contributed by atoms with Gasteiger partial charge in [0.15, 0.2) is 0 Å². The van der Waals surface area contributed by atoms with Gasteiger partial charge >= 0.3 is 8.69 Å². The van der Waals surface area contributed by atoms with E-state index in [-0.39, 0.29) is 0 Å². The second-order valence-electron chi connectivity index (χ2n) is 1.89. The summed E-state index contributed by atoms with van der Waals surface area (Å²) in [4.78, 5) is 6.99. The molecule has 2 N–H and O–H groups in total. The van der Waals surface area contributed by atoms with E-state index in [1.54, 1.807) is 0 Å².